The number of carbonyl (C=O) groups excluding carboxylic acids is 2. The molecule has 0 aliphatic carbocycles. The Morgan fingerprint density at radius 2 is 1.06 bits per heavy atom. The predicted molar refractivity (Wildman–Crippen MR) is 134 cm³/mol. The first-order chi connectivity index (χ1) is 16.4. The molecule has 6 nitrogen and oxygen atoms in total. The molecule has 3 aromatic carbocycles. The van der Waals surface area contributed by atoms with Crippen LogP contribution >= 0.6 is 0 Å². The quantitative estimate of drug-likeness (QED) is 0.184. The van der Waals surface area contributed by atoms with Gasteiger partial charge in [0.15, 0.2) is 13.2 Å². The van der Waals surface area contributed by atoms with Crippen molar-refractivity contribution in [3.05, 3.63) is 47.5 Å². The summed E-state index contributed by atoms with van der Waals surface area (Å²) in [5.74, 6) is 0.396. The van der Waals surface area contributed by atoms with Crippen molar-refractivity contribution >= 4 is 33.5 Å². The molecule has 34 heavy (non-hydrogen) atoms. The Hall–Kier alpha value is -3.28. The number of ether oxygens (including phenoxy) is 4. The van der Waals surface area contributed by atoms with E-state index in [-0.39, 0.29) is 13.2 Å². The van der Waals surface area contributed by atoms with Gasteiger partial charge < -0.3 is 18.9 Å². The van der Waals surface area contributed by atoms with Gasteiger partial charge >= 0.3 is 11.9 Å². The van der Waals surface area contributed by atoms with E-state index in [4.69, 9.17) is 18.9 Å². The average Bonchev–Trinajstić information content (AvgIpc) is 2.81. The maximum Gasteiger partial charge on any atom is 0.344 e. The minimum atomic E-state index is -0.399. The molecule has 0 saturated heterocycles. The number of esters is 2. The van der Waals surface area contributed by atoms with Crippen LogP contribution in [0.4, 0.5) is 0 Å². The van der Waals surface area contributed by atoms with Crippen LogP contribution in [-0.4, -0.2) is 38.4 Å². The third kappa shape index (κ3) is 6.40. The van der Waals surface area contributed by atoms with Crippen molar-refractivity contribution in [2.24, 2.45) is 0 Å². The Balaban J connectivity index is 1.98. The van der Waals surface area contributed by atoms with Gasteiger partial charge in [0.05, 0.1) is 13.2 Å². The normalized spacial score (nSPS) is 10.9. The standard InChI is InChI=1S/C28H34O6/c1-5-7-13-31-25(29)17-33-27-21-11-9-19(3)15-23(21)28(24-16-20(4)10-12-22(24)27)34-18-26(30)32-14-8-6-2/h9-12,15-16H,5-8,13-14,17-18H2,1-4H3. The Labute approximate surface area is 201 Å². The van der Waals surface area contributed by atoms with Crippen LogP contribution in [0.1, 0.15) is 50.7 Å². The van der Waals surface area contributed by atoms with Gasteiger partial charge in [0.1, 0.15) is 11.5 Å². The molecule has 0 unspecified atom stereocenters. The molecule has 0 atom stereocenters. The fourth-order valence-corrected chi connectivity index (χ4v) is 3.70. The van der Waals surface area contributed by atoms with Gasteiger partial charge in [-0.05, 0) is 38.8 Å². The van der Waals surface area contributed by atoms with E-state index in [1.54, 1.807) is 0 Å². The Morgan fingerprint density at radius 3 is 1.47 bits per heavy atom. The number of rotatable bonds is 12. The van der Waals surface area contributed by atoms with Gasteiger partial charge in [0.2, 0.25) is 0 Å². The molecule has 0 amide bonds. The number of hydrogen-bond acceptors (Lipinski definition) is 6. The average molecular weight is 467 g/mol. The lowest BCUT2D eigenvalue weighted by Gasteiger charge is -2.18. The lowest BCUT2D eigenvalue weighted by molar-refractivity contribution is -0.146. The minimum Gasteiger partial charge on any atom is -0.481 e. The molecule has 182 valence electrons. The van der Waals surface area contributed by atoms with Crippen molar-refractivity contribution < 1.29 is 28.5 Å². The fraction of sp³-hybridized carbons (Fsp3) is 0.429. The topological polar surface area (TPSA) is 71.1 Å². The Morgan fingerprint density at radius 1 is 0.647 bits per heavy atom. The summed E-state index contributed by atoms with van der Waals surface area (Å²) in [7, 11) is 0. The van der Waals surface area contributed by atoms with Crippen LogP contribution in [-0.2, 0) is 19.1 Å². The summed E-state index contributed by atoms with van der Waals surface area (Å²) in [6.45, 7) is 8.49. The van der Waals surface area contributed by atoms with Gasteiger partial charge in [-0.1, -0.05) is 62.1 Å². The van der Waals surface area contributed by atoms with Crippen LogP contribution in [0.25, 0.3) is 21.5 Å². The van der Waals surface area contributed by atoms with Crippen molar-refractivity contribution in [1.82, 2.24) is 0 Å². The van der Waals surface area contributed by atoms with E-state index in [2.05, 4.69) is 0 Å². The summed E-state index contributed by atoms with van der Waals surface area (Å²) in [6.07, 6.45) is 3.55. The van der Waals surface area contributed by atoms with E-state index < -0.39 is 11.9 Å². The fourth-order valence-electron chi connectivity index (χ4n) is 3.70. The summed E-state index contributed by atoms with van der Waals surface area (Å²) in [5, 5.41) is 3.23. The molecule has 0 bridgehead atoms. The highest BCUT2D eigenvalue weighted by Gasteiger charge is 2.19. The van der Waals surface area contributed by atoms with Crippen LogP contribution in [0.5, 0.6) is 11.5 Å². The van der Waals surface area contributed by atoms with Crippen molar-refractivity contribution in [1.29, 1.82) is 0 Å². The lowest BCUT2D eigenvalue weighted by Crippen LogP contribution is -2.17. The van der Waals surface area contributed by atoms with E-state index in [1.165, 1.54) is 0 Å². The van der Waals surface area contributed by atoms with Crippen LogP contribution in [0, 0.1) is 13.8 Å². The maximum absolute atomic E-state index is 12.2. The molecule has 0 radical (unpaired) electrons. The Kier molecular flexibility index (Phi) is 9.14. The molecule has 0 spiro atoms. The van der Waals surface area contributed by atoms with Gasteiger partial charge in [-0.25, -0.2) is 9.59 Å². The molecule has 0 aliphatic rings. The predicted octanol–water partition coefficient (Wildman–Crippen LogP) is 6.05. The van der Waals surface area contributed by atoms with E-state index in [0.717, 1.165) is 58.4 Å². The SMILES string of the molecule is CCCCOC(=O)COc1c2ccc(C)cc2c(OCC(=O)OCCCC)c2cc(C)ccc12. The highest BCUT2D eigenvalue weighted by atomic mass is 16.6. The molecular weight excluding hydrogens is 432 g/mol. The third-order valence-corrected chi connectivity index (χ3v) is 5.52. The molecular formula is C28H34O6. The van der Waals surface area contributed by atoms with Crippen LogP contribution in [0.15, 0.2) is 36.4 Å². The van der Waals surface area contributed by atoms with E-state index in [9.17, 15) is 9.59 Å². The molecule has 0 fully saturated rings. The molecule has 0 aliphatic heterocycles. The van der Waals surface area contributed by atoms with Gasteiger partial charge in [-0.15, -0.1) is 0 Å². The third-order valence-electron chi connectivity index (χ3n) is 5.52. The summed E-state index contributed by atoms with van der Waals surface area (Å²) in [4.78, 5) is 24.4. The molecule has 0 N–H and O–H groups in total. The summed E-state index contributed by atoms with van der Waals surface area (Å²) >= 11 is 0. The van der Waals surface area contributed by atoms with Gasteiger partial charge in [0, 0.05) is 21.5 Å². The van der Waals surface area contributed by atoms with E-state index in [1.807, 2.05) is 64.1 Å². The molecule has 6 heteroatoms. The van der Waals surface area contributed by atoms with Gasteiger partial charge in [0.25, 0.3) is 0 Å². The highest BCUT2D eigenvalue weighted by Crippen LogP contribution is 2.43. The van der Waals surface area contributed by atoms with Crippen LogP contribution in [0.2, 0.25) is 0 Å². The smallest absolute Gasteiger partial charge is 0.344 e. The van der Waals surface area contributed by atoms with Crippen molar-refractivity contribution in [3.8, 4) is 11.5 Å². The number of fused-ring (bicyclic) bond motifs is 2. The molecule has 0 aromatic heterocycles. The van der Waals surface area contributed by atoms with E-state index >= 15 is 0 Å². The second kappa shape index (κ2) is 12.3. The summed E-state index contributed by atoms with van der Waals surface area (Å²) in [6, 6.07) is 11.9. The summed E-state index contributed by atoms with van der Waals surface area (Å²) in [5.41, 5.74) is 2.08. The molecule has 3 aromatic rings. The first-order valence-corrected chi connectivity index (χ1v) is 12.0. The lowest BCUT2D eigenvalue weighted by atomic mass is 9.98. The number of unbranched alkanes of at least 4 members (excludes halogenated alkanes) is 2. The molecule has 3 rings (SSSR count). The van der Waals surface area contributed by atoms with Gasteiger partial charge in [-0.2, -0.15) is 0 Å². The first-order valence-electron chi connectivity index (χ1n) is 12.0. The number of carbonyl (C=O) groups is 2. The van der Waals surface area contributed by atoms with Crippen LogP contribution in [0.3, 0.4) is 0 Å². The zero-order chi connectivity index (χ0) is 24.5. The van der Waals surface area contributed by atoms with E-state index in [0.29, 0.717) is 24.7 Å². The number of aryl methyl sites for hydroxylation is 2. The zero-order valence-corrected chi connectivity index (χ0v) is 20.6. The Bertz CT molecular complexity index is 1090. The summed E-state index contributed by atoms with van der Waals surface area (Å²) < 4.78 is 22.6. The number of benzene rings is 3. The largest absolute Gasteiger partial charge is 0.481 e. The second-order valence-electron chi connectivity index (χ2n) is 8.48. The highest BCUT2D eigenvalue weighted by molar-refractivity contribution is 6.11. The zero-order valence-electron chi connectivity index (χ0n) is 20.6. The van der Waals surface area contributed by atoms with Crippen molar-refractivity contribution in [2.45, 2.75) is 53.4 Å². The van der Waals surface area contributed by atoms with Crippen LogP contribution < -0.4 is 9.47 Å². The van der Waals surface area contributed by atoms with Gasteiger partial charge in [-0.3, -0.25) is 0 Å². The number of hydrogen-bond donors (Lipinski definition) is 0. The first kappa shape index (κ1) is 25.3. The maximum atomic E-state index is 12.2. The van der Waals surface area contributed by atoms with Crippen molar-refractivity contribution in [3.63, 3.8) is 0 Å². The second-order valence-corrected chi connectivity index (χ2v) is 8.48. The molecule has 0 saturated carbocycles. The van der Waals surface area contributed by atoms with Crippen molar-refractivity contribution in [2.75, 3.05) is 26.4 Å². The minimum absolute atomic E-state index is 0.181. The monoisotopic (exact) mass is 466 g/mol. The molecule has 0 heterocycles.